The fourth-order valence-corrected chi connectivity index (χ4v) is 5.23. The van der Waals surface area contributed by atoms with Gasteiger partial charge in [-0.25, -0.2) is 18.7 Å². The second-order valence-corrected chi connectivity index (χ2v) is 8.70. The summed E-state index contributed by atoms with van der Waals surface area (Å²) in [6.07, 6.45) is 5.62. The molecule has 1 amide bonds. The highest BCUT2D eigenvalue weighted by atomic mass is 19.1. The van der Waals surface area contributed by atoms with Crippen molar-refractivity contribution in [2.45, 2.75) is 38.0 Å². The van der Waals surface area contributed by atoms with E-state index in [0.717, 1.165) is 17.6 Å². The molecule has 6 rings (SSSR count). The summed E-state index contributed by atoms with van der Waals surface area (Å²) < 4.78 is 34.3. The molecule has 34 heavy (non-hydrogen) atoms. The molecule has 0 radical (unpaired) electrons. The van der Waals surface area contributed by atoms with Crippen molar-refractivity contribution in [3.05, 3.63) is 72.2 Å². The normalized spacial score (nSPS) is 23.6. The number of nitrogens with zero attached hydrogens (tertiary/aromatic N) is 6. The molecule has 2 bridgehead atoms. The van der Waals surface area contributed by atoms with Gasteiger partial charge in [0.2, 0.25) is 5.88 Å². The van der Waals surface area contributed by atoms with E-state index in [1.807, 2.05) is 6.92 Å². The van der Waals surface area contributed by atoms with Gasteiger partial charge in [-0.2, -0.15) is 10.2 Å². The third-order valence-corrected chi connectivity index (χ3v) is 6.81. The molecule has 0 N–H and O–H groups in total. The summed E-state index contributed by atoms with van der Waals surface area (Å²) in [6, 6.07) is 8.36. The summed E-state index contributed by atoms with van der Waals surface area (Å²) in [5.41, 5.74) is 1.19. The number of benzene rings is 2. The molecule has 1 saturated heterocycles. The standard InChI is InChI=1S/C24H20F2N6O2/c1-13-14-9-20(21(10-14)34-22-12-27-19-11-15(25)5-6-18(19)30-22)31(13)24(33)16-3-2-4-17(26)23(16)32-28-7-8-29-32/h2-8,11-14,20-21H,9-10H2,1H3. The van der Waals surface area contributed by atoms with Crippen LogP contribution in [0.15, 0.2) is 55.0 Å². The van der Waals surface area contributed by atoms with Gasteiger partial charge >= 0.3 is 0 Å². The third-order valence-electron chi connectivity index (χ3n) is 6.81. The lowest BCUT2D eigenvalue weighted by Gasteiger charge is -2.38. The molecule has 2 fully saturated rings. The van der Waals surface area contributed by atoms with Crippen LogP contribution in [-0.2, 0) is 0 Å². The Labute approximate surface area is 193 Å². The Morgan fingerprint density at radius 1 is 1.09 bits per heavy atom. The molecule has 10 heteroatoms. The van der Waals surface area contributed by atoms with Gasteiger partial charge in [0.05, 0.1) is 41.2 Å². The summed E-state index contributed by atoms with van der Waals surface area (Å²) in [4.78, 5) is 25.3. The Morgan fingerprint density at radius 3 is 2.71 bits per heavy atom. The van der Waals surface area contributed by atoms with Crippen molar-refractivity contribution < 1.29 is 18.3 Å². The Kier molecular flexibility index (Phi) is 4.75. The zero-order valence-corrected chi connectivity index (χ0v) is 18.2. The Bertz CT molecular complexity index is 1400. The smallest absolute Gasteiger partial charge is 0.256 e. The van der Waals surface area contributed by atoms with Crippen LogP contribution in [-0.4, -0.2) is 54.0 Å². The Morgan fingerprint density at radius 2 is 1.91 bits per heavy atom. The van der Waals surface area contributed by atoms with Crippen LogP contribution in [0.5, 0.6) is 5.88 Å². The van der Waals surface area contributed by atoms with Crippen molar-refractivity contribution in [2.24, 2.45) is 5.92 Å². The molecule has 8 nitrogen and oxygen atoms in total. The third kappa shape index (κ3) is 3.28. The second kappa shape index (κ2) is 7.82. The van der Waals surface area contributed by atoms with Crippen LogP contribution >= 0.6 is 0 Å². The van der Waals surface area contributed by atoms with Crippen LogP contribution in [0, 0.1) is 17.6 Å². The first-order valence-electron chi connectivity index (χ1n) is 11.1. The number of amides is 1. The SMILES string of the molecule is CC1C2CC(Oc3cnc4cc(F)ccc4n3)C(C2)N1C(=O)c1cccc(F)c1-n1nccn1. The van der Waals surface area contributed by atoms with Gasteiger partial charge in [-0.15, -0.1) is 4.80 Å². The Balaban J connectivity index is 1.29. The lowest BCUT2D eigenvalue weighted by molar-refractivity contribution is 0.0313. The van der Waals surface area contributed by atoms with E-state index in [2.05, 4.69) is 20.2 Å². The van der Waals surface area contributed by atoms with E-state index < -0.39 is 5.82 Å². The molecule has 1 saturated carbocycles. The maximum atomic E-state index is 14.7. The first-order chi connectivity index (χ1) is 16.5. The number of hydrogen-bond donors (Lipinski definition) is 0. The molecule has 4 unspecified atom stereocenters. The molecule has 1 aliphatic carbocycles. The summed E-state index contributed by atoms with van der Waals surface area (Å²) in [7, 11) is 0. The zero-order chi connectivity index (χ0) is 23.4. The zero-order valence-electron chi connectivity index (χ0n) is 18.2. The number of piperidine rings is 1. The van der Waals surface area contributed by atoms with Gasteiger partial charge in [-0.3, -0.25) is 4.79 Å². The van der Waals surface area contributed by atoms with Gasteiger partial charge in [0.15, 0.2) is 5.82 Å². The minimum absolute atomic E-state index is 0.0234. The summed E-state index contributed by atoms with van der Waals surface area (Å²) >= 11 is 0. The van der Waals surface area contributed by atoms with Gasteiger partial charge in [-0.05, 0) is 49.9 Å². The monoisotopic (exact) mass is 462 g/mol. The fraction of sp³-hybridized carbons (Fsp3) is 0.292. The molecule has 0 spiro atoms. The van der Waals surface area contributed by atoms with E-state index in [-0.39, 0.29) is 47.1 Å². The van der Waals surface area contributed by atoms with Gasteiger partial charge < -0.3 is 9.64 Å². The van der Waals surface area contributed by atoms with Crippen LogP contribution < -0.4 is 4.74 Å². The van der Waals surface area contributed by atoms with Crippen molar-refractivity contribution in [3.63, 3.8) is 0 Å². The van der Waals surface area contributed by atoms with Crippen molar-refractivity contribution >= 4 is 16.9 Å². The first-order valence-corrected chi connectivity index (χ1v) is 11.1. The summed E-state index contributed by atoms with van der Waals surface area (Å²) in [6.45, 7) is 2.01. The van der Waals surface area contributed by atoms with Gasteiger partial charge in [0, 0.05) is 12.1 Å². The van der Waals surface area contributed by atoms with E-state index in [1.54, 1.807) is 17.0 Å². The quantitative estimate of drug-likeness (QED) is 0.461. The summed E-state index contributed by atoms with van der Waals surface area (Å²) in [5, 5.41) is 8.03. The molecule has 3 heterocycles. The number of aromatic nitrogens is 5. The Hall–Kier alpha value is -3.95. The van der Waals surface area contributed by atoms with Crippen LogP contribution in [0.25, 0.3) is 16.7 Å². The molecule has 1 aliphatic heterocycles. The van der Waals surface area contributed by atoms with Crippen LogP contribution in [0.1, 0.15) is 30.1 Å². The highest BCUT2D eigenvalue weighted by molar-refractivity contribution is 5.98. The topological polar surface area (TPSA) is 86.0 Å². The average Bonchev–Trinajstić information content (AvgIpc) is 3.56. The largest absolute Gasteiger partial charge is 0.471 e. The van der Waals surface area contributed by atoms with Gasteiger partial charge in [0.25, 0.3) is 5.91 Å². The second-order valence-electron chi connectivity index (χ2n) is 8.70. The van der Waals surface area contributed by atoms with Crippen molar-refractivity contribution in [3.8, 4) is 11.6 Å². The lowest BCUT2D eigenvalue weighted by atomic mass is 9.98. The van der Waals surface area contributed by atoms with E-state index in [9.17, 15) is 13.6 Å². The maximum absolute atomic E-state index is 14.7. The van der Waals surface area contributed by atoms with E-state index in [1.165, 1.54) is 42.9 Å². The van der Waals surface area contributed by atoms with Crippen LogP contribution in [0.3, 0.4) is 0 Å². The first kappa shape index (κ1) is 20.6. The minimum Gasteiger partial charge on any atom is -0.471 e. The molecule has 2 aliphatic rings. The van der Waals surface area contributed by atoms with Gasteiger partial charge in [0.1, 0.15) is 17.6 Å². The number of halogens is 2. The number of fused-ring (bicyclic) bond motifs is 3. The lowest BCUT2D eigenvalue weighted by Crippen LogP contribution is -2.51. The molecule has 4 atom stereocenters. The number of rotatable bonds is 4. The number of hydrogen-bond acceptors (Lipinski definition) is 6. The van der Waals surface area contributed by atoms with E-state index in [0.29, 0.717) is 16.9 Å². The van der Waals surface area contributed by atoms with Crippen LogP contribution in [0.2, 0.25) is 0 Å². The van der Waals surface area contributed by atoms with Crippen molar-refractivity contribution in [1.82, 2.24) is 29.9 Å². The minimum atomic E-state index is -0.574. The maximum Gasteiger partial charge on any atom is 0.256 e. The predicted octanol–water partition coefficient (Wildman–Crippen LogP) is 3.56. The highest BCUT2D eigenvalue weighted by Gasteiger charge is 2.53. The number of ether oxygens (including phenoxy) is 1. The van der Waals surface area contributed by atoms with Crippen molar-refractivity contribution in [1.29, 1.82) is 0 Å². The molecule has 2 aromatic heterocycles. The molecule has 4 aromatic rings. The molecular weight excluding hydrogens is 442 g/mol. The number of carbonyl (C=O) groups is 1. The molecule has 2 aromatic carbocycles. The number of para-hydroxylation sites is 1. The predicted molar refractivity (Wildman–Crippen MR) is 117 cm³/mol. The van der Waals surface area contributed by atoms with Crippen LogP contribution in [0.4, 0.5) is 8.78 Å². The molecule has 172 valence electrons. The van der Waals surface area contributed by atoms with E-state index in [4.69, 9.17) is 4.74 Å². The number of likely N-dealkylation sites (tertiary alicyclic amines) is 1. The summed E-state index contributed by atoms with van der Waals surface area (Å²) in [5.74, 6) is -0.672. The van der Waals surface area contributed by atoms with Gasteiger partial charge in [-0.1, -0.05) is 6.07 Å². The highest BCUT2D eigenvalue weighted by Crippen LogP contribution is 2.44. The molecular formula is C24H20F2N6O2. The number of carbonyl (C=O) groups excluding carboxylic acids is 1. The van der Waals surface area contributed by atoms with Crippen molar-refractivity contribution in [2.75, 3.05) is 0 Å². The average molecular weight is 462 g/mol. The fourth-order valence-electron chi connectivity index (χ4n) is 5.23. The van der Waals surface area contributed by atoms with E-state index >= 15 is 0 Å².